The summed E-state index contributed by atoms with van der Waals surface area (Å²) in [6.07, 6.45) is 8.09. The summed E-state index contributed by atoms with van der Waals surface area (Å²) in [5, 5.41) is 0. The molecule has 2 nitrogen and oxygen atoms in total. The van der Waals surface area contributed by atoms with Crippen LogP contribution in [0.15, 0.2) is 54.9 Å². The molecular weight excluding hydrogens is 208 g/mol. The van der Waals surface area contributed by atoms with E-state index in [-0.39, 0.29) is 0 Å². The molecule has 3 rings (SSSR count). The Morgan fingerprint density at radius 2 is 1.82 bits per heavy atom. The number of nitrogens with zero attached hydrogens (tertiary/aromatic N) is 2. The Hall–Kier alpha value is -2.09. The van der Waals surface area contributed by atoms with Crippen LogP contribution in [0.5, 0.6) is 0 Å². The molecule has 0 saturated carbocycles. The molecule has 0 amide bonds. The highest BCUT2D eigenvalue weighted by molar-refractivity contribution is 5.78. The Morgan fingerprint density at radius 3 is 2.65 bits per heavy atom. The van der Waals surface area contributed by atoms with Crippen LogP contribution in [0.2, 0.25) is 0 Å². The van der Waals surface area contributed by atoms with Gasteiger partial charge >= 0.3 is 0 Å². The monoisotopic (exact) mass is 222 g/mol. The van der Waals surface area contributed by atoms with Gasteiger partial charge in [0, 0.05) is 29.8 Å². The van der Waals surface area contributed by atoms with E-state index in [1.165, 1.54) is 16.9 Å². The van der Waals surface area contributed by atoms with Gasteiger partial charge in [0.25, 0.3) is 0 Å². The van der Waals surface area contributed by atoms with Crippen molar-refractivity contribution in [3.8, 4) is 0 Å². The summed E-state index contributed by atoms with van der Waals surface area (Å²) in [6, 6.07) is 12.9. The van der Waals surface area contributed by atoms with Crippen LogP contribution in [0, 0.1) is 0 Å². The molecule has 2 heterocycles. The topological polar surface area (TPSA) is 16.1 Å². The van der Waals surface area contributed by atoms with Crippen molar-refractivity contribution in [2.45, 2.75) is 13.0 Å². The minimum Gasteiger partial charge on any atom is -0.334 e. The summed E-state index contributed by atoms with van der Waals surface area (Å²) < 4.78 is 0. The van der Waals surface area contributed by atoms with Crippen molar-refractivity contribution in [3.05, 3.63) is 60.4 Å². The summed E-state index contributed by atoms with van der Waals surface area (Å²) in [5.74, 6) is 0. The fourth-order valence-electron chi connectivity index (χ4n) is 2.28. The standard InChI is InChI=1S/C15H14N2/c1-12-6-7-13-4-2-3-5-15(13)17(12)14-8-10-16-11-9-14/h2-12H,1H3. The van der Waals surface area contributed by atoms with Crippen LogP contribution in [0.1, 0.15) is 12.5 Å². The fraction of sp³-hybridized carbons (Fsp3) is 0.133. The van der Waals surface area contributed by atoms with Crippen molar-refractivity contribution in [2.24, 2.45) is 0 Å². The molecule has 0 bridgehead atoms. The lowest BCUT2D eigenvalue weighted by atomic mass is 10.0. The average Bonchev–Trinajstić information content (AvgIpc) is 2.39. The van der Waals surface area contributed by atoms with Crippen LogP contribution in [0.4, 0.5) is 11.4 Å². The summed E-state index contributed by atoms with van der Waals surface area (Å²) in [6.45, 7) is 2.20. The molecule has 0 N–H and O–H groups in total. The highest BCUT2D eigenvalue weighted by Crippen LogP contribution is 2.34. The minimum atomic E-state index is 0.368. The molecule has 1 unspecified atom stereocenters. The molecule has 0 saturated heterocycles. The summed E-state index contributed by atoms with van der Waals surface area (Å²) >= 11 is 0. The zero-order valence-corrected chi connectivity index (χ0v) is 9.75. The second-order valence-electron chi connectivity index (χ2n) is 4.23. The van der Waals surface area contributed by atoms with Crippen LogP contribution >= 0.6 is 0 Å². The summed E-state index contributed by atoms with van der Waals surface area (Å²) in [7, 11) is 0. The molecule has 0 fully saturated rings. The van der Waals surface area contributed by atoms with E-state index in [0.717, 1.165) is 0 Å². The van der Waals surface area contributed by atoms with Crippen molar-refractivity contribution in [1.29, 1.82) is 0 Å². The normalized spacial score (nSPS) is 17.9. The smallest absolute Gasteiger partial charge is 0.0497 e. The number of hydrogen-bond acceptors (Lipinski definition) is 2. The fourth-order valence-corrected chi connectivity index (χ4v) is 2.28. The number of anilines is 2. The van der Waals surface area contributed by atoms with Gasteiger partial charge in [0.15, 0.2) is 0 Å². The van der Waals surface area contributed by atoms with E-state index < -0.39 is 0 Å². The zero-order chi connectivity index (χ0) is 11.7. The van der Waals surface area contributed by atoms with Crippen LogP contribution in [-0.4, -0.2) is 11.0 Å². The highest BCUT2D eigenvalue weighted by Gasteiger charge is 2.19. The van der Waals surface area contributed by atoms with Gasteiger partial charge in [-0.15, -0.1) is 0 Å². The lowest BCUT2D eigenvalue weighted by Crippen LogP contribution is -2.29. The third kappa shape index (κ3) is 1.72. The van der Waals surface area contributed by atoms with E-state index in [4.69, 9.17) is 0 Å². The zero-order valence-electron chi connectivity index (χ0n) is 9.75. The van der Waals surface area contributed by atoms with Crippen molar-refractivity contribution in [3.63, 3.8) is 0 Å². The first-order chi connectivity index (χ1) is 8.36. The predicted octanol–water partition coefficient (Wildman–Crippen LogP) is 3.64. The maximum Gasteiger partial charge on any atom is 0.0497 e. The van der Waals surface area contributed by atoms with Gasteiger partial charge in [-0.1, -0.05) is 30.4 Å². The first-order valence-corrected chi connectivity index (χ1v) is 5.83. The molecule has 0 aliphatic carbocycles. The average molecular weight is 222 g/mol. The maximum atomic E-state index is 4.08. The number of para-hydroxylation sites is 1. The van der Waals surface area contributed by atoms with E-state index >= 15 is 0 Å². The van der Waals surface area contributed by atoms with Gasteiger partial charge in [-0.3, -0.25) is 4.98 Å². The summed E-state index contributed by atoms with van der Waals surface area (Å²) in [5.41, 5.74) is 3.71. The molecule has 2 heteroatoms. The Labute approximate surface area is 101 Å². The van der Waals surface area contributed by atoms with Crippen LogP contribution in [0.25, 0.3) is 6.08 Å². The van der Waals surface area contributed by atoms with E-state index in [1.807, 2.05) is 24.5 Å². The molecule has 0 radical (unpaired) electrons. The number of benzene rings is 1. The molecule has 1 atom stereocenters. The van der Waals surface area contributed by atoms with E-state index in [0.29, 0.717) is 6.04 Å². The van der Waals surface area contributed by atoms with Crippen molar-refractivity contribution in [2.75, 3.05) is 4.90 Å². The van der Waals surface area contributed by atoms with Gasteiger partial charge in [-0.25, -0.2) is 0 Å². The molecular formula is C15H14N2. The molecule has 1 aromatic carbocycles. The molecule has 84 valence electrons. The predicted molar refractivity (Wildman–Crippen MR) is 71.3 cm³/mol. The molecule has 1 aliphatic rings. The number of fused-ring (bicyclic) bond motifs is 1. The largest absolute Gasteiger partial charge is 0.334 e. The highest BCUT2D eigenvalue weighted by atomic mass is 15.2. The molecule has 1 aliphatic heterocycles. The number of aromatic nitrogens is 1. The molecule has 2 aromatic rings. The Bertz CT molecular complexity index is 546. The molecule has 0 spiro atoms. The molecule has 17 heavy (non-hydrogen) atoms. The van der Waals surface area contributed by atoms with Crippen molar-refractivity contribution < 1.29 is 0 Å². The number of hydrogen-bond donors (Lipinski definition) is 0. The van der Waals surface area contributed by atoms with E-state index in [9.17, 15) is 0 Å². The summed E-state index contributed by atoms with van der Waals surface area (Å²) in [4.78, 5) is 6.41. The first-order valence-electron chi connectivity index (χ1n) is 5.83. The van der Waals surface area contributed by atoms with Gasteiger partial charge in [0.2, 0.25) is 0 Å². The maximum absolute atomic E-state index is 4.08. The number of rotatable bonds is 1. The SMILES string of the molecule is CC1C=Cc2ccccc2N1c1ccncc1. The van der Waals surface area contributed by atoms with Crippen LogP contribution in [0.3, 0.4) is 0 Å². The Kier molecular flexibility index (Phi) is 2.41. The van der Waals surface area contributed by atoms with Gasteiger partial charge in [0.05, 0.1) is 0 Å². The minimum absolute atomic E-state index is 0.368. The van der Waals surface area contributed by atoms with Gasteiger partial charge in [0.1, 0.15) is 0 Å². The third-order valence-corrected chi connectivity index (χ3v) is 3.10. The number of pyridine rings is 1. The van der Waals surface area contributed by atoms with Gasteiger partial charge < -0.3 is 4.90 Å². The first kappa shape index (κ1) is 10.1. The van der Waals surface area contributed by atoms with E-state index in [2.05, 4.69) is 53.2 Å². The third-order valence-electron chi connectivity index (χ3n) is 3.10. The van der Waals surface area contributed by atoms with Gasteiger partial charge in [-0.2, -0.15) is 0 Å². The molecule has 1 aromatic heterocycles. The van der Waals surface area contributed by atoms with E-state index in [1.54, 1.807) is 0 Å². The lowest BCUT2D eigenvalue weighted by Gasteiger charge is -2.33. The Balaban J connectivity index is 2.13. The van der Waals surface area contributed by atoms with Crippen molar-refractivity contribution >= 4 is 17.5 Å². The Morgan fingerprint density at radius 1 is 1.06 bits per heavy atom. The van der Waals surface area contributed by atoms with Crippen LogP contribution in [-0.2, 0) is 0 Å². The second kappa shape index (κ2) is 4.06. The van der Waals surface area contributed by atoms with Gasteiger partial charge in [-0.05, 0) is 30.7 Å². The van der Waals surface area contributed by atoms with Crippen molar-refractivity contribution in [1.82, 2.24) is 4.98 Å². The quantitative estimate of drug-likeness (QED) is 0.732. The van der Waals surface area contributed by atoms with Crippen LogP contribution < -0.4 is 4.90 Å². The second-order valence-corrected chi connectivity index (χ2v) is 4.23. The lowest BCUT2D eigenvalue weighted by molar-refractivity contribution is 0.857.